The topological polar surface area (TPSA) is 66.9 Å². The molecule has 3 nitrogen and oxygen atoms in total. The highest BCUT2D eigenvalue weighted by molar-refractivity contribution is 6.33. The summed E-state index contributed by atoms with van der Waals surface area (Å²) >= 11 is 11.1. The Kier molecular flexibility index (Phi) is 3.34. The van der Waals surface area contributed by atoms with Crippen LogP contribution >= 0.6 is 23.2 Å². The van der Waals surface area contributed by atoms with E-state index >= 15 is 0 Å². The smallest absolute Gasteiger partial charge is 0.179 e. The number of nitrogen functional groups attached to an aromatic ring is 1. The van der Waals surface area contributed by atoms with Gasteiger partial charge in [-0.25, -0.2) is 0 Å². The Morgan fingerprint density at radius 3 is 2.71 bits per heavy atom. The van der Waals surface area contributed by atoms with Crippen molar-refractivity contribution in [1.82, 2.24) is 0 Å². The van der Waals surface area contributed by atoms with Crippen LogP contribution in [0.15, 0.2) is 12.1 Å². The molecule has 72 valence electrons. The Bertz CT molecular complexity index is 424. The zero-order valence-corrected chi connectivity index (χ0v) is 8.56. The lowest BCUT2D eigenvalue weighted by molar-refractivity contribution is 0.102. The normalized spacial score (nSPS) is 9.50. The van der Waals surface area contributed by atoms with E-state index in [-0.39, 0.29) is 33.5 Å². The summed E-state index contributed by atoms with van der Waals surface area (Å²) in [7, 11) is 0. The van der Waals surface area contributed by atoms with E-state index in [4.69, 9.17) is 34.2 Å². The summed E-state index contributed by atoms with van der Waals surface area (Å²) in [5.74, 6) is -0.492. The van der Waals surface area contributed by atoms with Gasteiger partial charge in [-0.05, 0) is 12.1 Å². The third-order valence-electron chi connectivity index (χ3n) is 1.68. The molecule has 14 heavy (non-hydrogen) atoms. The number of nitrogens with zero attached hydrogens (tertiary/aromatic N) is 1. The Labute approximate surface area is 91.0 Å². The molecule has 0 spiro atoms. The summed E-state index contributed by atoms with van der Waals surface area (Å²) in [6.45, 7) is 0. The molecule has 0 unspecified atom stereocenters. The van der Waals surface area contributed by atoms with Crippen molar-refractivity contribution in [3.8, 4) is 6.07 Å². The predicted molar refractivity (Wildman–Crippen MR) is 55.6 cm³/mol. The molecule has 0 amide bonds. The number of carbonyl (C=O) groups excluding carboxylic acids is 1. The Morgan fingerprint density at radius 1 is 1.57 bits per heavy atom. The number of nitrogens with two attached hydrogens (primary N) is 1. The molecule has 0 fully saturated rings. The van der Waals surface area contributed by atoms with Crippen LogP contribution < -0.4 is 5.73 Å². The molecule has 0 aromatic heterocycles. The minimum atomic E-state index is -0.322. The summed E-state index contributed by atoms with van der Waals surface area (Å²) in [5.41, 5.74) is 6.24. The maximum atomic E-state index is 11.2. The lowest BCUT2D eigenvalue weighted by Gasteiger charge is -2.04. The molecule has 0 saturated heterocycles. The standard InChI is InChI=1S/C9H6Cl2N2O/c10-3-9(14)6-1-5(4-12)7(11)2-8(6)13/h1-2H,3,13H2. The van der Waals surface area contributed by atoms with E-state index in [0.29, 0.717) is 0 Å². The molecule has 0 aliphatic rings. The fraction of sp³-hybridized carbons (Fsp3) is 0.111. The number of nitriles is 1. The van der Waals surface area contributed by atoms with Crippen LogP contribution in [0.4, 0.5) is 5.69 Å². The first-order valence-electron chi connectivity index (χ1n) is 3.68. The largest absolute Gasteiger partial charge is 0.398 e. The molecule has 2 N–H and O–H groups in total. The second-order valence-corrected chi connectivity index (χ2v) is 3.26. The fourth-order valence-corrected chi connectivity index (χ4v) is 1.35. The van der Waals surface area contributed by atoms with E-state index in [1.165, 1.54) is 12.1 Å². The van der Waals surface area contributed by atoms with Gasteiger partial charge in [-0.2, -0.15) is 5.26 Å². The number of anilines is 1. The quantitative estimate of drug-likeness (QED) is 0.480. The zero-order valence-electron chi connectivity index (χ0n) is 7.05. The number of Topliss-reactive ketones (excluding diaryl/α,β-unsaturated/α-hetero) is 1. The molecular formula is C9H6Cl2N2O. The first kappa shape index (κ1) is 10.8. The lowest BCUT2D eigenvalue weighted by atomic mass is 10.1. The van der Waals surface area contributed by atoms with Crippen LogP contribution in [0.2, 0.25) is 5.02 Å². The molecule has 0 bridgehead atoms. The summed E-state index contributed by atoms with van der Waals surface area (Å²) in [4.78, 5) is 11.2. The van der Waals surface area contributed by atoms with Crippen molar-refractivity contribution in [1.29, 1.82) is 5.26 Å². The maximum Gasteiger partial charge on any atom is 0.179 e. The maximum absolute atomic E-state index is 11.2. The fourth-order valence-electron chi connectivity index (χ4n) is 0.988. The highest BCUT2D eigenvalue weighted by atomic mass is 35.5. The van der Waals surface area contributed by atoms with Gasteiger partial charge in [-0.1, -0.05) is 11.6 Å². The number of alkyl halides is 1. The van der Waals surface area contributed by atoms with Crippen molar-refractivity contribution in [2.45, 2.75) is 0 Å². The van der Waals surface area contributed by atoms with Crippen LogP contribution in [0.3, 0.4) is 0 Å². The molecule has 0 heterocycles. The van der Waals surface area contributed by atoms with Crippen LogP contribution in [0, 0.1) is 11.3 Å². The third kappa shape index (κ3) is 1.98. The van der Waals surface area contributed by atoms with E-state index < -0.39 is 0 Å². The van der Waals surface area contributed by atoms with Gasteiger partial charge in [0.1, 0.15) is 6.07 Å². The van der Waals surface area contributed by atoms with Crippen molar-refractivity contribution in [3.63, 3.8) is 0 Å². The Morgan fingerprint density at radius 2 is 2.21 bits per heavy atom. The number of rotatable bonds is 2. The molecule has 0 aliphatic carbocycles. The highest BCUT2D eigenvalue weighted by Crippen LogP contribution is 2.23. The lowest BCUT2D eigenvalue weighted by Crippen LogP contribution is -2.05. The van der Waals surface area contributed by atoms with Gasteiger partial charge in [0.15, 0.2) is 5.78 Å². The predicted octanol–water partition coefficient (Wildman–Crippen LogP) is 2.22. The molecular weight excluding hydrogens is 223 g/mol. The number of benzene rings is 1. The highest BCUT2D eigenvalue weighted by Gasteiger charge is 2.12. The van der Waals surface area contributed by atoms with E-state index in [2.05, 4.69) is 0 Å². The van der Waals surface area contributed by atoms with Crippen LogP contribution in [0.5, 0.6) is 0 Å². The van der Waals surface area contributed by atoms with Crippen LogP contribution in [-0.4, -0.2) is 11.7 Å². The SMILES string of the molecule is N#Cc1cc(C(=O)CCl)c(N)cc1Cl. The van der Waals surface area contributed by atoms with Gasteiger partial charge in [-0.15, -0.1) is 11.6 Å². The average molecular weight is 229 g/mol. The van der Waals surface area contributed by atoms with Crippen LogP contribution in [0.1, 0.15) is 15.9 Å². The van der Waals surface area contributed by atoms with E-state index in [9.17, 15) is 4.79 Å². The van der Waals surface area contributed by atoms with Gasteiger partial charge in [0.2, 0.25) is 0 Å². The van der Waals surface area contributed by atoms with Crippen molar-refractivity contribution in [3.05, 3.63) is 28.3 Å². The number of carbonyl (C=O) groups is 1. The summed E-state index contributed by atoms with van der Waals surface area (Å²) < 4.78 is 0. The van der Waals surface area contributed by atoms with Crippen molar-refractivity contribution in [2.75, 3.05) is 11.6 Å². The second-order valence-electron chi connectivity index (χ2n) is 2.59. The Balaban J connectivity index is 3.33. The molecule has 1 aromatic rings. The zero-order chi connectivity index (χ0) is 10.7. The number of halogens is 2. The molecule has 0 radical (unpaired) electrons. The van der Waals surface area contributed by atoms with Crippen molar-refractivity contribution in [2.24, 2.45) is 0 Å². The summed E-state index contributed by atoms with van der Waals surface area (Å²) in [5, 5.41) is 8.90. The van der Waals surface area contributed by atoms with E-state index in [1.54, 1.807) is 0 Å². The third-order valence-corrected chi connectivity index (χ3v) is 2.24. The van der Waals surface area contributed by atoms with Gasteiger partial charge < -0.3 is 5.73 Å². The molecule has 1 aromatic carbocycles. The minimum absolute atomic E-state index is 0.170. The number of hydrogen-bond acceptors (Lipinski definition) is 3. The van der Waals surface area contributed by atoms with Crippen molar-refractivity contribution < 1.29 is 4.79 Å². The van der Waals surface area contributed by atoms with E-state index in [1.807, 2.05) is 6.07 Å². The molecule has 0 saturated carbocycles. The summed E-state index contributed by atoms with van der Waals surface area (Å²) in [6.07, 6.45) is 0. The monoisotopic (exact) mass is 228 g/mol. The van der Waals surface area contributed by atoms with Crippen LogP contribution in [-0.2, 0) is 0 Å². The second kappa shape index (κ2) is 4.32. The molecule has 0 aliphatic heterocycles. The molecule has 0 atom stereocenters. The first-order valence-corrected chi connectivity index (χ1v) is 4.59. The van der Waals surface area contributed by atoms with Gasteiger partial charge in [0, 0.05) is 11.3 Å². The van der Waals surface area contributed by atoms with Crippen LogP contribution in [0.25, 0.3) is 0 Å². The van der Waals surface area contributed by atoms with Gasteiger partial charge >= 0.3 is 0 Å². The number of ketones is 1. The number of hydrogen-bond donors (Lipinski definition) is 1. The average Bonchev–Trinajstić information content (AvgIpc) is 2.17. The van der Waals surface area contributed by atoms with Gasteiger partial charge in [0.05, 0.1) is 16.5 Å². The molecule has 5 heteroatoms. The van der Waals surface area contributed by atoms with Gasteiger partial charge in [-0.3, -0.25) is 4.79 Å². The molecule has 1 rings (SSSR count). The first-order chi connectivity index (χ1) is 6.60. The van der Waals surface area contributed by atoms with E-state index in [0.717, 1.165) is 0 Å². The minimum Gasteiger partial charge on any atom is -0.398 e. The van der Waals surface area contributed by atoms with Gasteiger partial charge in [0.25, 0.3) is 0 Å². The Hall–Kier alpha value is -1.24. The summed E-state index contributed by atoms with van der Waals surface area (Å²) in [6, 6.07) is 4.58. The van der Waals surface area contributed by atoms with Crippen molar-refractivity contribution >= 4 is 34.7 Å².